The first-order valence-corrected chi connectivity index (χ1v) is 4.39. The molecule has 1 aromatic carbocycles. The molecule has 1 N–H and O–H groups in total. The van der Waals surface area contributed by atoms with Crippen LogP contribution in [0.1, 0.15) is 0 Å². The fourth-order valence-corrected chi connectivity index (χ4v) is 1.39. The number of fused-ring (bicyclic) bond motifs is 1. The van der Waals surface area contributed by atoms with Gasteiger partial charge in [0.1, 0.15) is 0 Å². The molecule has 0 saturated carbocycles. The van der Waals surface area contributed by atoms with E-state index in [1.807, 2.05) is 0 Å². The second kappa shape index (κ2) is 3.15. The number of nitrogens with zero attached hydrogens (tertiary/aromatic N) is 1. The summed E-state index contributed by atoms with van der Waals surface area (Å²) in [5, 5.41) is 6.48. The van der Waals surface area contributed by atoms with Gasteiger partial charge < -0.3 is 5.32 Å². The van der Waals surface area contributed by atoms with Gasteiger partial charge >= 0.3 is 11.8 Å². The van der Waals surface area contributed by atoms with Gasteiger partial charge in [-0.15, -0.1) is 0 Å². The maximum atomic E-state index is 10.9. The summed E-state index contributed by atoms with van der Waals surface area (Å²) >= 11 is 11.4. The Balaban J connectivity index is 2.53. The van der Waals surface area contributed by atoms with Crippen LogP contribution in [0.5, 0.6) is 0 Å². The van der Waals surface area contributed by atoms with Crippen molar-refractivity contribution < 1.29 is 9.59 Å². The molecule has 1 aromatic rings. The van der Waals surface area contributed by atoms with E-state index in [9.17, 15) is 9.59 Å². The molecule has 6 heteroatoms. The van der Waals surface area contributed by atoms with E-state index >= 15 is 0 Å². The number of benzene rings is 1. The van der Waals surface area contributed by atoms with Gasteiger partial charge in [0.15, 0.2) is 0 Å². The molecule has 2 rings (SSSR count). The monoisotopic (exact) mass is 229 g/mol. The van der Waals surface area contributed by atoms with Crippen LogP contribution < -0.4 is 10.6 Å². The molecule has 0 bridgehead atoms. The van der Waals surface area contributed by atoms with Gasteiger partial charge in [-0.25, -0.2) is 5.32 Å². The highest BCUT2D eigenvalue weighted by Crippen LogP contribution is 2.34. The minimum Gasteiger partial charge on any atom is -0.316 e. The SMILES string of the molecule is O=C1[N]c2cc(Cl)c(Cl)cc2NC1=O. The van der Waals surface area contributed by atoms with E-state index in [4.69, 9.17) is 23.2 Å². The number of hydrogen-bond donors (Lipinski definition) is 1. The molecule has 1 aliphatic rings. The molecular formula is C8H3Cl2N2O2. The lowest BCUT2D eigenvalue weighted by atomic mass is 10.2. The summed E-state index contributed by atoms with van der Waals surface area (Å²) in [7, 11) is 0. The number of amides is 2. The topological polar surface area (TPSA) is 60.3 Å². The van der Waals surface area contributed by atoms with E-state index in [0.717, 1.165) is 0 Å². The van der Waals surface area contributed by atoms with Crippen molar-refractivity contribution in [2.24, 2.45) is 0 Å². The zero-order chi connectivity index (χ0) is 10.3. The van der Waals surface area contributed by atoms with E-state index in [2.05, 4.69) is 10.6 Å². The third-order valence-electron chi connectivity index (χ3n) is 1.70. The van der Waals surface area contributed by atoms with E-state index in [0.29, 0.717) is 16.4 Å². The predicted octanol–water partition coefficient (Wildman–Crippen LogP) is 1.71. The molecule has 0 fully saturated rings. The van der Waals surface area contributed by atoms with Crippen LogP contribution in [0.2, 0.25) is 10.0 Å². The van der Waals surface area contributed by atoms with E-state index in [1.54, 1.807) is 0 Å². The quantitative estimate of drug-likeness (QED) is 0.689. The van der Waals surface area contributed by atoms with E-state index in [1.165, 1.54) is 12.1 Å². The van der Waals surface area contributed by atoms with Gasteiger partial charge in [0.05, 0.1) is 21.4 Å². The highest BCUT2D eigenvalue weighted by molar-refractivity contribution is 6.45. The third-order valence-corrected chi connectivity index (χ3v) is 2.43. The molecule has 71 valence electrons. The minimum atomic E-state index is -0.837. The van der Waals surface area contributed by atoms with E-state index < -0.39 is 11.8 Å². The second-order valence-corrected chi connectivity index (χ2v) is 3.47. The van der Waals surface area contributed by atoms with Crippen LogP contribution in [0.25, 0.3) is 0 Å². The number of rotatable bonds is 0. The molecule has 0 saturated heterocycles. The van der Waals surface area contributed by atoms with Gasteiger partial charge in [-0.3, -0.25) is 9.59 Å². The van der Waals surface area contributed by atoms with Crippen molar-refractivity contribution >= 4 is 46.4 Å². The van der Waals surface area contributed by atoms with Gasteiger partial charge in [-0.05, 0) is 12.1 Å². The molecule has 1 radical (unpaired) electrons. The van der Waals surface area contributed by atoms with E-state index in [-0.39, 0.29) is 5.02 Å². The highest BCUT2D eigenvalue weighted by Gasteiger charge is 2.25. The lowest BCUT2D eigenvalue weighted by molar-refractivity contribution is -0.135. The van der Waals surface area contributed by atoms with Crippen molar-refractivity contribution in [3.05, 3.63) is 22.2 Å². The normalized spacial score (nSPS) is 14.4. The average Bonchev–Trinajstić information content (AvgIpc) is 2.11. The van der Waals surface area contributed by atoms with Gasteiger partial charge in [0.25, 0.3) is 0 Å². The zero-order valence-corrected chi connectivity index (χ0v) is 8.19. The molecule has 4 nitrogen and oxygen atoms in total. The molecule has 0 atom stereocenters. The van der Waals surface area contributed by atoms with Crippen molar-refractivity contribution in [1.29, 1.82) is 0 Å². The Hall–Kier alpha value is -1.26. The zero-order valence-electron chi connectivity index (χ0n) is 6.67. The molecule has 0 aromatic heterocycles. The van der Waals surface area contributed by atoms with Crippen LogP contribution in [0.4, 0.5) is 11.4 Å². The second-order valence-electron chi connectivity index (χ2n) is 2.65. The Morgan fingerprint density at radius 2 is 1.79 bits per heavy atom. The Kier molecular flexibility index (Phi) is 2.09. The first kappa shape index (κ1) is 9.30. The summed E-state index contributed by atoms with van der Waals surface area (Å²) in [6.07, 6.45) is 0. The first-order chi connectivity index (χ1) is 6.58. The van der Waals surface area contributed by atoms with Gasteiger partial charge in [0, 0.05) is 0 Å². The first-order valence-electron chi connectivity index (χ1n) is 3.64. The molecule has 1 aliphatic heterocycles. The maximum absolute atomic E-state index is 10.9. The van der Waals surface area contributed by atoms with Crippen LogP contribution in [-0.2, 0) is 9.59 Å². The van der Waals surface area contributed by atoms with Crippen molar-refractivity contribution in [3.8, 4) is 0 Å². The number of anilines is 1. The van der Waals surface area contributed by atoms with Crippen molar-refractivity contribution in [3.63, 3.8) is 0 Å². The molecule has 0 aliphatic carbocycles. The number of halogens is 2. The summed E-state index contributed by atoms with van der Waals surface area (Å²) in [5.41, 5.74) is 0.716. The number of nitrogens with one attached hydrogen (secondary N) is 1. The fraction of sp³-hybridized carbons (Fsp3) is 0. The van der Waals surface area contributed by atoms with Gasteiger partial charge in [-0.1, -0.05) is 23.2 Å². The van der Waals surface area contributed by atoms with Crippen molar-refractivity contribution in [1.82, 2.24) is 5.32 Å². The molecule has 1 heterocycles. The Labute approximate surface area is 89.2 Å². The summed E-state index contributed by atoms with van der Waals surface area (Å²) in [6, 6.07) is 2.88. The largest absolute Gasteiger partial charge is 0.335 e. The number of carbonyl (C=O) groups is 2. The fourth-order valence-electron chi connectivity index (χ4n) is 1.06. The highest BCUT2D eigenvalue weighted by atomic mass is 35.5. The van der Waals surface area contributed by atoms with Gasteiger partial charge in [0.2, 0.25) is 0 Å². The predicted molar refractivity (Wildman–Crippen MR) is 51.9 cm³/mol. The summed E-state index contributed by atoms with van der Waals surface area (Å²) < 4.78 is 0. The van der Waals surface area contributed by atoms with Crippen LogP contribution >= 0.6 is 23.2 Å². The Morgan fingerprint density at radius 1 is 1.14 bits per heavy atom. The van der Waals surface area contributed by atoms with Crippen LogP contribution in [-0.4, -0.2) is 11.8 Å². The molecule has 0 spiro atoms. The van der Waals surface area contributed by atoms with Crippen LogP contribution in [0, 0.1) is 0 Å². The van der Waals surface area contributed by atoms with Crippen LogP contribution in [0.15, 0.2) is 12.1 Å². The van der Waals surface area contributed by atoms with Crippen molar-refractivity contribution in [2.75, 3.05) is 5.32 Å². The molecular weight excluding hydrogens is 227 g/mol. The smallest absolute Gasteiger partial charge is 0.316 e. The maximum Gasteiger partial charge on any atom is 0.335 e. The van der Waals surface area contributed by atoms with Gasteiger partial charge in [-0.2, -0.15) is 0 Å². The lowest BCUT2D eigenvalue weighted by Gasteiger charge is -2.15. The van der Waals surface area contributed by atoms with Crippen molar-refractivity contribution in [2.45, 2.75) is 0 Å². The summed E-state index contributed by atoms with van der Waals surface area (Å²) in [6.45, 7) is 0. The molecule has 0 unspecified atom stereocenters. The number of hydrogen-bond acceptors (Lipinski definition) is 2. The molecule has 2 amide bonds. The summed E-state index contributed by atoms with van der Waals surface area (Å²) in [4.78, 5) is 21.8. The standard InChI is InChI=1S/C8H3Cl2N2O2/c9-3-1-5-6(2-4(3)10)12-8(14)7(13)11-5/h1-2H,(H,11,13). The average molecular weight is 230 g/mol. The molecule has 14 heavy (non-hydrogen) atoms. The summed E-state index contributed by atoms with van der Waals surface area (Å²) in [5.74, 6) is -1.60. The Morgan fingerprint density at radius 3 is 2.50 bits per heavy atom. The Bertz CT molecular complexity index is 404. The minimum absolute atomic E-state index is 0.290. The lowest BCUT2D eigenvalue weighted by Crippen LogP contribution is -2.33. The third kappa shape index (κ3) is 1.42. The number of carbonyl (C=O) groups excluding carboxylic acids is 2. The van der Waals surface area contributed by atoms with Crippen LogP contribution in [0.3, 0.4) is 0 Å².